The second-order valence-electron chi connectivity index (χ2n) is 6.50. The number of aromatic nitrogens is 2. The summed E-state index contributed by atoms with van der Waals surface area (Å²) < 4.78 is 6.19. The molecule has 0 aliphatic heterocycles. The molecule has 0 spiro atoms. The minimum absolute atomic E-state index is 0.00998. The van der Waals surface area contributed by atoms with Crippen LogP contribution in [0.1, 0.15) is 15.9 Å². The van der Waals surface area contributed by atoms with E-state index < -0.39 is 10.9 Å². The lowest BCUT2D eigenvalue weighted by molar-refractivity contribution is -0.384. The average molecular weight is 421 g/mol. The van der Waals surface area contributed by atoms with Gasteiger partial charge in [0, 0.05) is 23.1 Å². The van der Waals surface area contributed by atoms with Crippen molar-refractivity contribution in [2.75, 3.05) is 7.11 Å². The van der Waals surface area contributed by atoms with Crippen molar-refractivity contribution >= 4 is 33.2 Å². The molecule has 0 bridgehead atoms. The number of nitro groups is 1. The van der Waals surface area contributed by atoms with Crippen molar-refractivity contribution in [3.05, 3.63) is 91.8 Å². The van der Waals surface area contributed by atoms with Gasteiger partial charge in [-0.2, -0.15) is 0 Å². The minimum atomic E-state index is -0.463. The molecule has 8 nitrogen and oxygen atoms in total. The fourth-order valence-electron chi connectivity index (χ4n) is 3.12. The lowest BCUT2D eigenvalue weighted by Crippen LogP contribution is -2.21. The number of benzene rings is 2. The molecule has 0 aliphatic carbocycles. The molecule has 2 aromatic heterocycles. The summed E-state index contributed by atoms with van der Waals surface area (Å²) in [4.78, 5) is 40.1. The summed E-state index contributed by atoms with van der Waals surface area (Å²) >= 11 is 1.35. The number of thiophene rings is 1. The van der Waals surface area contributed by atoms with Crippen LogP contribution in [-0.4, -0.2) is 27.6 Å². The third-order valence-electron chi connectivity index (χ3n) is 4.68. The Bertz CT molecular complexity index is 1310. The second-order valence-corrected chi connectivity index (χ2v) is 7.36. The van der Waals surface area contributed by atoms with E-state index in [2.05, 4.69) is 9.72 Å². The van der Waals surface area contributed by atoms with Crippen LogP contribution in [-0.2, 0) is 11.3 Å². The van der Waals surface area contributed by atoms with Crippen LogP contribution in [0.4, 0.5) is 5.69 Å². The first-order valence-electron chi connectivity index (χ1n) is 8.86. The number of esters is 1. The van der Waals surface area contributed by atoms with Crippen molar-refractivity contribution in [2.45, 2.75) is 6.54 Å². The van der Waals surface area contributed by atoms with E-state index >= 15 is 0 Å². The highest BCUT2D eigenvalue weighted by atomic mass is 32.1. The maximum Gasteiger partial charge on any atom is 0.337 e. The number of nitro benzene ring substituents is 1. The van der Waals surface area contributed by atoms with Crippen LogP contribution in [0.5, 0.6) is 0 Å². The minimum Gasteiger partial charge on any atom is -0.465 e. The number of hydrogen-bond donors (Lipinski definition) is 0. The first-order valence-corrected chi connectivity index (χ1v) is 9.74. The Morgan fingerprint density at radius 1 is 1.17 bits per heavy atom. The van der Waals surface area contributed by atoms with Crippen molar-refractivity contribution < 1.29 is 14.5 Å². The normalized spacial score (nSPS) is 10.8. The zero-order valence-electron chi connectivity index (χ0n) is 15.8. The third-order valence-corrected chi connectivity index (χ3v) is 5.56. The summed E-state index contributed by atoms with van der Waals surface area (Å²) in [5.74, 6) is -0.423. The Morgan fingerprint density at radius 3 is 2.50 bits per heavy atom. The fraction of sp³-hybridized carbons (Fsp3) is 0.0952. The lowest BCUT2D eigenvalue weighted by atomic mass is 10.1. The van der Waals surface area contributed by atoms with Gasteiger partial charge in [-0.1, -0.05) is 12.1 Å². The standard InChI is InChI=1S/C21H15N3O5S/c1-29-21(26)15-4-2-13(3-5-15)10-23-12-22-19-18(20(23)25)17(11-30-19)14-6-8-16(9-7-14)24(27)28/h2-9,11-12H,10H2,1H3. The van der Waals surface area contributed by atoms with E-state index in [-0.39, 0.29) is 11.2 Å². The van der Waals surface area contributed by atoms with Crippen molar-refractivity contribution in [3.63, 3.8) is 0 Å². The van der Waals surface area contributed by atoms with Gasteiger partial charge in [-0.3, -0.25) is 19.5 Å². The molecule has 0 atom stereocenters. The Hall–Kier alpha value is -3.85. The Morgan fingerprint density at radius 2 is 1.87 bits per heavy atom. The molecule has 0 radical (unpaired) electrons. The summed E-state index contributed by atoms with van der Waals surface area (Å²) in [5, 5.41) is 13.2. The largest absolute Gasteiger partial charge is 0.465 e. The Balaban J connectivity index is 1.70. The number of ether oxygens (including phenoxy) is 1. The van der Waals surface area contributed by atoms with Gasteiger partial charge in [-0.25, -0.2) is 9.78 Å². The molecule has 4 aromatic rings. The van der Waals surface area contributed by atoms with Gasteiger partial charge in [0.1, 0.15) is 4.83 Å². The van der Waals surface area contributed by atoms with E-state index in [9.17, 15) is 19.7 Å². The molecule has 0 saturated heterocycles. The monoisotopic (exact) mass is 421 g/mol. The summed E-state index contributed by atoms with van der Waals surface area (Å²) in [7, 11) is 1.32. The molecule has 0 unspecified atom stereocenters. The number of carbonyl (C=O) groups is 1. The molecule has 30 heavy (non-hydrogen) atoms. The first-order chi connectivity index (χ1) is 14.5. The molecule has 2 aromatic carbocycles. The van der Waals surface area contributed by atoms with E-state index in [1.165, 1.54) is 41.5 Å². The van der Waals surface area contributed by atoms with Crippen LogP contribution >= 0.6 is 11.3 Å². The van der Waals surface area contributed by atoms with Crippen LogP contribution in [0.2, 0.25) is 0 Å². The van der Waals surface area contributed by atoms with E-state index in [0.717, 1.165) is 5.56 Å². The fourth-order valence-corrected chi connectivity index (χ4v) is 4.02. The smallest absolute Gasteiger partial charge is 0.337 e. The van der Waals surface area contributed by atoms with Gasteiger partial charge in [0.15, 0.2) is 0 Å². The van der Waals surface area contributed by atoms with Gasteiger partial charge in [-0.05, 0) is 35.4 Å². The highest BCUT2D eigenvalue weighted by Crippen LogP contribution is 2.31. The molecule has 0 saturated carbocycles. The molecular formula is C21H15N3O5S. The number of methoxy groups -OCH3 is 1. The van der Waals surface area contributed by atoms with Gasteiger partial charge in [0.2, 0.25) is 0 Å². The number of carbonyl (C=O) groups excluding carboxylic acids is 1. The maximum atomic E-state index is 13.1. The predicted octanol–water partition coefficient (Wildman–Crippen LogP) is 3.87. The molecule has 150 valence electrons. The van der Waals surface area contributed by atoms with E-state index in [1.54, 1.807) is 36.4 Å². The zero-order chi connectivity index (χ0) is 21.3. The molecule has 0 amide bonds. The maximum absolute atomic E-state index is 13.1. The van der Waals surface area contributed by atoms with Crippen LogP contribution in [0.3, 0.4) is 0 Å². The number of hydrogen-bond acceptors (Lipinski definition) is 7. The molecule has 9 heteroatoms. The molecule has 0 N–H and O–H groups in total. The topological polar surface area (TPSA) is 104 Å². The van der Waals surface area contributed by atoms with Gasteiger partial charge in [-0.15, -0.1) is 11.3 Å². The highest BCUT2D eigenvalue weighted by molar-refractivity contribution is 7.17. The SMILES string of the molecule is COC(=O)c1ccc(Cn2cnc3scc(-c4ccc([N+](=O)[O-])cc4)c3c2=O)cc1. The molecule has 0 aliphatic rings. The van der Waals surface area contributed by atoms with Crippen LogP contribution in [0.25, 0.3) is 21.3 Å². The van der Waals surface area contributed by atoms with Crippen molar-refractivity contribution in [1.29, 1.82) is 0 Å². The van der Waals surface area contributed by atoms with Gasteiger partial charge in [0.25, 0.3) is 11.2 Å². The predicted molar refractivity (Wildman–Crippen MR) is 113 cm³/mol. The number of nitrogens with zero attached hydrogens (tertiary/aromatic N) is 3. The average Bonchev–Trinajstić information content (AvgIpc) is 3.20. The van der Waals surface area contributed by atoms with Gasteiger partial charge >= 0.3 is 5.97 Å². The number of fused-ring (bicyclic) bond motifs is 1. The van der Waals surface area contributed by atoms with Gasteiger partial charge in [0.05, 0.1) is 35.9 Å². The third kappa shape index (κ3) is 3.58. The summed E-state index contributed by atoms with van der Waals surface area (Å²) in [6, 6.07) is 12.9. The molecule has 0 fully saturated rings. The van der Waals surface area contributed by atoms with Crippen LogP contribution in [0, 0.1) is 10.1 Å². The van der Waals surface area contributed by atoms with E-state index in [1.807, 2.05) is 5.38 Å². The first kappa shape index (κ1) is 19.5. The Kier molecular flexibility index (Phi) is 5.11. The second kappa shape index (κ2) is 7.88. The van der Waals surface area contributed by atoms with Crippen molar-refractivity contribution in [3.8, 4) is 11.1 Å². The van der Waals surface area contributed by atoms with Crippen molar-refractivity contribution in [2.24, 2.45) is 0 Å². The van der Waals surface area contributed by atoms with E-state index in [0.29, 0.717) is 33.5 Å². The van der Waals surface area contributed by atoms with E-state index in [4.69, 9.17) is 0 Å². The molecule has 4 rings (SSSR count). The lowest BCUT2D eigenvalue weighted by Gasteiger charge is -2.07. The van der Waals surface area contributed by atoms with Crippen LogP contribution in [0.15, 0.2) is 65.0 Å². The highest BCUT2D eigenvalue weighted by Gasteiger charge is 2.15. The summed E-state index contributed by atoms with van der Waals surface area (Å²) in [6.07, 6.45) is 1.50. The zero-order valence-corrected chi connectivity index (χ0v) is 16.6. The van der Waals surface area contributed by atoms with Crippen LogP contribution < -0.4 is 5.56 Å². The number of rotatable bonds is 5. The quantitative estimate of drug-likeness (QED) is 0.275. The Labute approximate surface area is 174 Å². The molecule has 2 heterocycles. The molecular weight excluding hydrogens is 406 g/mol. The van der Waals surface area contributed by atoms with Crippen molar-refractivity contribution in [1.82, 2.24) is 9.55 Å². The summed E-state index contributed by atoms with van der Waals surface area (Å²) in [5.41, 5.74) is 2.46. The van der Waals surface area contributed by atoms with Gasteiger partial charge < -0.3 is 4.74 Å². The number of non-ortho nitro benzene ring substituents is 1. The summed E-state index contributed by atoms with van der Waals surface area (Å²) in [6.45, 7) is 0.290.